The number of rotatable bonds is 5. The normalized spacial score (nSPS) is 13.4. The van der Waals surface area contributed by atoms with Crippen molar-refractivity contribution in [2.24, 2.45) is 0 Å². The summed E-state index contributed by atoms with van der Waals surface area (Å²) < 4.78 is 0. The number of aromatic amines is 1. The number of thiophene rings is 1. The summed E-state index contributed by atoms with van der Waals surface area (Å²) in [5.74, 6) is 0.179. The monoisotopic (exact) mass is 342 g/mol. The number of fused-ring (bicyclic) bond motifs is 1. The minimum atomic E-state index is -0.633. The number of hydrogen-bond acceptors (Lipinski definition) is 4. The molecule has 0 saturated heterocycles. The molecule has 3 N–H and O–H groups in total. The van der Waals surface area contributed by atoms with Crippen LogP contribution in [0.25, 0.3) is 11.0 Å². The maximum atomic E-state index is 12.3. The zero-order valence-corrected chi connectivity index (χ0v) is 14.2. The largest absolute Gasteiger partial charge is 0.345 e. The number of carbonyl (C=O) groups is 2. The Morgan fingerprint density at radius 3 is 2.62 bits per heavy atom. The summed E-state index contributed by atoms with van der Waals surface area (Å²) in [4.78, 5) is 32.5. The Balaban J connectivity index is 1.61. The Labute approximate surface area is 143 Å². The number of nitrogens with one attached hydrogen (secondary N) is 3. The van der Waals surface area contributed by atoms with Gasteiger partial charge in [0.15, 0.2) is 0 Å². The lowest BCUT2D eigenvalue weighted by molar-refractivity contribution is -0.123. The molecule has 0 radical (unpaired) electrons. The second kappa shape index (κ2) is 6.84. The van der Waals surface area contributed by atoms with Crippen LogP contribution in [-0.4, -0.2) is 27.8 Å². The van der Waals surface area contributed by atoms with Gasteiger partial charge in [-0.05, 0) is 37.4 Å². The van der Waals surface area contributed by atoms with Crippen molar-refractivity contribution in [2.75, 3.05) is 0 Å². The number of nitrogens with zero attached hydrogens (tertiary/aromatic N) is 1. The molecule has 0 aliphatic rings. The highest BCUT2D eigenvalue weighted by Gasteiger charge is 2.20. The zero-order chi connectivity index (χ0) is 17.1. The second-order valence-electron chi connectivity index (χ2n) is 5.54. The molecule has 0 aliphatic heterocycles. The van der Waals surface area contributed by atoms with Crippen LogP contribution in [0, 0.1) is 0 Å². The molecule has 124 valence electrons. The molecule has 1 aromatic carbocycles. The fraction of sp³-hybridized carbons (Fsp3) is 0.235. The van der Waals surface area contributed by atoms with E-state index in [2.05, 4.69) is 20.6 Å². The summed E-state index contributed by atoms with van der Waals surface area (Å²) in [5, 5.41) is 7.38. The second-order valence-corrected chi connectivity index (χ2v) is 6.49. The van der Waals surface area contributed by atoms with Gasteiger partial charge < -0.3 is 15.6 Å². The van der Waals surface area contributed by atoms with Crippen LogP contribution in [0.15, 0.2) is 41.8 Å². The molecule has 2 aromatic heterocycles. The van der Waals surface area contributed by atoms with Gasteiger partial charge in [0.25, 0.3) is 5.91 Å². The summed E-state index contributed by atoms with van der Waals surface area (Å²) in [6.45, 7) is 3.51. The summed E-state index contributed by atoms with van der Waals surface area (Å²) in [5.41, 5.74) is 1.78. The van der Waals surface area contributed by atoms with Gasteiger partial charge in [0, 0.05) is 0 Å². The van der Waals surface area contributed by atoms with E-state index in [1.165, 1.54) is 11.3 Å². The van der Waals surface area contributed by atoms with Crippen molar-refractivity contribution in [3.05, 3.63) is 52.5 Å². The number of imidazole rings is 1. The van der Waals surface area contributed by atoms with E-state index in [1.807, 2.05) is 36.6 Å². The van der Waals surface area contributed by atoms with E-state index in [-0.39, 0.29) is 17.9 Å². The van der Waals surface area contributed by atoms with E-state index in [9.17, 15) is 9.59 Å². The molecule has 6 nitrogen and oxygen atoms in total. The molecular weight excluding hydrogens is 324 g/mol. The maximum Gasteiger partial charge on any atom is 0.261 e. The van der Waals surface area contributed by atoms with Crippen LogP contribution in [0.2, 0.25) is 0 Å². The highest BCUT2D eigenvalue weighted by atomic mass is 32.1. The third-order valence-electron chi connectivity index (χ3n) is 3.66. The predicted octanol–water partition coefficient (Wildman–Crippen LogP) is 2.62. The first-order valence-electron chi connectivity index (χ1n) is 7.64. The van der Waals surface area contributed by atoms with Gasteiger partial charge in [0.2, 0.25) is 5.91 Å². The van der Waals surface area contributed by atoms with Crippen LogP contribution in [0.1, 0.15) is 35.4 Å². The summed E-state index contributed by atoms with van der Waals surface area (Å²) in [6.07, 6.45) is 0. The van der Waals surface area contributed by atoms with Gasteiger partial charge >= 0.3 is 0 Å². The van der Waals surface area contributed by atoms with Gasteiger partial charge in [0.05, 0.1) is 22.0 Å². The molecule has 0 bridgehead atoms. The fourth-order valence-electron chi connectivity index (χ4n) is 2.33. The number of aromatic nitrogens is 2. The van der Waals surface area contributed by atoms with E-state index in [1.54, 1.807) is 19.1 Å². The first-order chi connectivity index (χ1) is 11.5. The van der Waals surface area contributed by atoms with E-state index >= 15 is 0 Å². The highest BCUT2D eigenvalue weighted by Crippen LogP contribution is 2.15. The number of hydrogen-bond donors (Lipinski definition) is 3. The average Bonchev–Trinajstić information content (AvgIpc) is 3.23. The lowest BCUT2D eigenvalue weighted by Gasteiger charge is -2.17. The molecule has 24 heavy (non-hydrogen) atoms. The molecule has 0 fully saturated rings. The predicted molar refractivity (Wildman–Crippen MR) is 93.9 cm³/mol. The Morgan fingerprint density at radius 2 is 1.92 bits per heavy atom. The molecule has 2 heterocycles. The topological polar surface area (TPSA) is 86.9 Å². The third kappa shape index (κ3) is 3.46. The molecular formula is C17H18N4O2S. The Hall–Kier alpha value is -2.67. The summed E-state index contributed by atoms with van der Waals surface area (Å²) in [6, 6.07) is 10.3. The van der Waals surface area contributed by atoms with Crippen LogP contribution in [0.4, 0.5) is 0 Å². The van der Waals surface area contributed by atoms with Crippen molar-refractivity contribution in [2.45, 2.75) is 25.9 Å². The minimum Gasteiger partial charge on any atom is -0.345 e. The van der Waals surface area contributed by atoms with Crippen molar-refractivity contribution in [3.63, 3.8) is 0 Å². The highest BCUT2D eigenvalue weighted by molar-refractivity contribution is 7.12. The molecule has 3 rings (SSSR count). The number of benzene rings is 1. The molecule has 2 atom stereocenters. The van der Waals surface area contributed by atoms with E-state index in [0.29, 0.717) is 10.7 Å². The van der Waals surface area contributed by atoms with Crippen LogP contribution in [0.3, 0.4) is 0 Å². The van der Waals surface area contributed by atoms with Crippen molar-refractivity contribution >= 4 is 34.2 Å². The maximum absolute atomic E-state index is 12.3. The smallest absolute Gasteiger partial charge is 0.261 e. The number of H-pyrrole nitrogens is 1. The first kappa shape index (κ1) is 16.2. The van der Waals surface area contributed by atoms with Gasteiger partial charge in [-0.3, -0.25) is 9.59 Å². The van der Waals surface area contributed by atoms with Crippen molar-refractivity contribution in [1.82, 2.24) is 20.6 Å². The standard InChI is InChI=1S/C17H18N4O2S/c1-10(15-20-12-6-3-4-7-13(12)21-15)18-16(22)11(2)19-17(23)14-8-5-9-24-14/h3-11H,1-2H3,(H,18,22)(H,19,23)(H,20,21). The molecule has 2 amide bonds. The molecule has 2 unspecified atom stereocenters. The Morgan fingerprint density at radius 1 is 1.12 bits per heavy atom. The SMILES string of the molecule is CC(NC(=O)c1cccs1)C(=O)NC(C)c1nc2ccccc2[nH]1. The van der Waals surface area contributed by atoms with Crippen LogP contribution in [0.5, 0.6) is 0 Å². The van der Waals surface area contributed by atoms with E-state index < -0.39 is 6.04 Å². The molecule has 3 aromatic rings. The number of amides is 2. The van der Waals surface area contributed by atoms with Gasteiger partial charge in [-0.1, -0.05) is 18.2 Å². The summed E-state index contributed by atoms with van der Waals surface area (Å²) >= 11 is 1.34. The first-order valence-corrected chi connectivity index (χ1v) is 8.52. The fourth-order valence-corrected chi connectivity index (χ4v) is 2.95. The van der Waals surface area contributed by atoms with E-state index in [4.69, 9.17) is 0 Å². The molecule has 0 saturated carbocycles. The third-order valence-corrected chi connectivity index (χ3v) is 4.53. The number of para-hydroxylation sites is 2. The molecule has 0 aliphatic carbocycles. The van der Waals surface area contributed by atoms with Crippen molar-refractivity contribution < 1.29 is 9.59 Å². The summed E-state index contributed by atoms with van der Waals surface area (Å²) in [7, 11) is 0. The van der Waals surface area contributed by atoms with Gasteiger partial charge in [0.1, 0.15) is 11.9 Å². The minimum absolute atomic E-state index is 0.246. The average molecular weight is 342 g/mol. The van der Waals surface area contributed by atoms with Gasteiger partial charge in [-0.15, -0.1) is 11.3 Å². The van der Waals surface area contributed by atoms with E-state index in [0.717, 1.165) is 11.0 Å². The lowest BCUT2D eigenvalue weighted by Crippen LogP contribution is -2.45. The quantitative estimate of drug-likeness (QED) is 0.666. The number of carbonyl (C=O) groups excluding carboxylic acids is 2. The molecule has 0 spiro atoms. The van der Waals surface area contributed by atoms with Crippen LogP contribution >= 0.6 is 11.3 Å². The van der Waals surface area contributed by atoms with Crippen LogP contribution < -0.4 is 10.6 Å². The Kier molecular flexibility index (Phi) is 4.61. The van der Waals surface area contributed by atoms with Crippen molar-refractivity contribution in [3.8, 4) is 0 Å². The van der Waals surface area contributed by atoms with Gasteiger partial charge in [-0.25, -0.2) is 4.98 Å². The Bertz CT molecular complexity index is 823. The molecule has 7 heteroatoms. The van der Waals surface area contributed by atoms with Gasteiger partial charge in [-0.2, -0.15) is 0 Å². The van der Waals surface area contributed by atoms with Crippen LogP contribution in [-0.2, 0) is 4.79 Å². The van der Waals surface area contributed by atoms with Crippen molar-refractivity contribution in [1.29, 1.82) is 0 Å². The lowest BCUT2D eigenvalue weighted by atomic mass is 10.2. The zero-order valence-electron chi connectivity index (χ0n) is 13.4.